The molecule has 5 N–H and O–H groups in total. The summed E-state index contributed by atoms with van der Waals surface area (Å²) < 4.78 is 13.5. The Labute approximate surface area is 107 Å². The van der Waals surface area contributed by atoms with Crippen LogP contribution in [0.3, 0.4) is 0 Å². The minimum atomic E-state index is -0.982. The number of aromatic hydroxyl groups is 1. The van der Waals surface area contributed by atoms with E-state index in [9.17, 15) is 18.8 Å². The molecule has 1 aromatic rings. The molecule has 3 amide bonds. The number of nitrogens with two attached hydrogens (primary N) is 2. The summed E-state index contributed by atoms with van der Waals surface area (Å²) >= 11 is 0. The van der Waals surface area contributed by atoms with Crippen LogP contribution in [0.15, 0.2) is 18.2 Å². The second-order valence-electron chi connectivity index (χ2n) is 3.76. The molecule has 0 radical (unpaired) electrons. The monoisotopic (exact) mass is 269 g/mol. The maximum atomic E-state index is 13.5. The van der Waals surface area contributed by atoms with Crippen LogP contribution in [0.25, 0.3) is 0 Å². The van der Waals surface area contributed by atoms with Crippen molar-refractivity contribution in [2.45, 2.75) is 0 Å². The van der Waals surface area contributed by atoms with Crippen molar-refractivity contribution in [2.75, 3.05) is 13.1 Å². The zero-order valence-corrected chi connectivity index (χ0v) is 9.80. The molecule has 8 heteroatoms. The van der Waals surface area contributed by atoms with E-state index < -0.39 is 42.2 Å². The van der Waals surface area contributed by atoms with E-state index in [1.165, 1.54) is 0 Å². The van der Waals surface area contributed by atoms with Crippen LogP contribution in [0.5, 0.6) is 5.75 Å². The number of primary amides is 2. The SMILES string of the molecule is NC(=O)CN(CC(N)=O)C(=O)c1ccc(O)cc1F. The highest BCUT2D eigenvalue weighted by molar-refractivity contribution is 5.98. The number of halogens is 1. The molecule has 1 aromatic carbocycles. The molecule has 0 saturated carbocycles. The molecule has 0 spiro atoms. The standard InChI is InChI=1S/C11H12FN3O4/c12-8-3-6(16)1-2-7(8)11(19)15(4-9(13)17)5-10(14)18/h1-3,16H,4-5H2,(H2,13,17)(H2,14,18). The first-order valence-electron chi connectivity index (χ1n) is 5.15. The first-order chi connectivity index (χ1) is 8.81. The summed E-state index contributed by atoms with van der Waals surface area (Å²) in [6, 6.07) is 2.87. The molecule has 0 aliphatic rings. The maximum absolute atomic E-state index is 13.5. The lowest BCUT2D eigenvalue weighted by molar-refractivity contribution is -0.121. The summed E-state index contributed by atoms with van der Waals surface area (Å²) in [7, 11) is 0. The third kappa shape index (κ3) is 3.95. The van der Waals surface area contributed by atoms with Gasteiger partial charge in [0.2, 0.25) is 11.8 Å². The Morgan fingerprint density at radius 2 is 1.68 bits per heavy atom. The summed E-state index contributed by atoms with van der Waals surface area (Å²) in [6.07, 6.45) is 0. The molecule has 0 fully saturated rings. The van der Waals surface area contributed by atoms with Crippen LogP contribution >= 0.6 is 0 Å². The van der Waals surface area contributed by atoms with Gasteiger partial charge in [0.15, 0.2) is 0 Å². The molecule has 0 unspecified atom stereocenters. The van der Waals surface area contributed by atoms with Crippen LogP contribution in [-0.2, 0) is 9.59 Å². The highest BCUT2D eigenvalue weighted by Gasteiger charge is 2.22. The third-order valence-electron chi connectivity index (χ3n) is 2.16. The molecule has 0 aromatic heterocycles. The number of carbonyl (C=O) groups excluding carboxylic acids is 3. The van der Waals surface area contributed by atoms with Crippen LogP contribution in [0, 0.1) is 5.82 Å². The number of phenolic OH excluding ortho intramolecular Hbond substituents is 1. The van der Waals surface area contributed by atoms with Crippen LogP contribution in [0.2, 0.25) is 0 Å². The largest absolute Gasteiger partial charge is 0.508 e. The van der Waals surface area contributed by atoms with E-state index >= 15 is 0 Å². The van der Waals surface area contributed by atoms with E-state index in [1.807, 2.05) is 0 Å². The Hall–Kier alpha value is -2.64. The summed E-state index contributed by atoms with van der Waals surface area (Å²) in [5.41, 5.74) is 9.45. The zero-order valence-electron chi connectivity index (χ0n) is 9.80. The molecular formula is C11H12FN3O4. The Kier molecular flexibility index (Phi) is 4.41. The second-order valence-corrected chi connectivity index (χ2v) is 3.76. The van der Waals surface area contributed by atoms with Gasteiger partial charge in [0.1, 0.15) is 24.7 Å². The third-order valence-corrected chi connectivity index (χ3v) is 2.16. The van der Waals surface area contributed by atoms with Gasteiger partial charge in [-0.25, -0.2) is 4.39 Å². The number of nitrogens with zero attached hydrogens (tertiary/aromatic N) is 1. The predicted molar refractivity (Wildman–Crippen MR) is 62.4 cm³/mol. The van der Waals surface area contributed by atoms with E-state index in [-0.39, 0.29) is 5.75 Å². The van der Waals surface area contributed by atoms with E-state index in [0.29, 0.717) is 0 Å². The Morgan fingerprint density at radius 1 is 1.16 bits per heavy atom. The van der Waals surface area contributed by atoms with Gasteiger partial charge in [-0.1, -0.05) is 0 Å². The number of rotatable bonds is 5. The lowest BCUT2D eigenvalue weighted by atomic mass is 10.1. The van der Waals surface area contributed by atoms with Crippen molar-refractivity contribution in [3.05, 3.63) is 29.6 Å². The minimum absolute atomic E-state index is 0.356. The van der Waals surface area contributed by atoms with E-state index in [4.69, 9.17) is 16.6 Å². The van der Waals surface area contributed by atoms with Crippen LogP contribution in [0.1, 0.15) is 10.4 Å². The van der Waals surface area contributed by atoms with Crippen molar-refractivity contribution < 1.29 is 23.9 Å². The van der Waals surface area contributed by atoms with Crippen molar-refractivity contribution in [1.29, 1.82) is 0 Å². The van der Waals surface area contributed by atoms with Gasteiger partial charge in [0.25, 0.3) is 5.91 Å². The molecule has 0 heterocycles. The highest BCUT2D eigenvalue weighted by Crippen LogP contribution is 2.16. The van der Waals surface area contributed by atoms with E-state index in [2.05, 4.69) is 0 Å². The van der Waals surface area contributed by atoms with Crippen molar-refractivity contribution >= 4 is 17.7 Å². The molecule has 0 aliphatic carbocycles. The van der Waals surface area contributed by atoms with Gasteiger partial charge in [-0.3, -0.25) is 14.4 Å². The number of hydrogen-bond donors (Lipinski definition) is 3. The first kappa shape index (κ1) is 14.4. The Bertz CT molecular complexity index is 517. The maximum Gasteiger partial charge on any atom is 0.257 e. The van der Waals surface area contributed by atoms with Crippen molar-refractivity contribution in [2.24, 2.45) is 11.5 Å². The van der Waals surface area contributed by atoms with Crippen LogP contribution < -0.4 is 11.5 Å². The molecule has 0 saturated heterocycles. The average Bonchev–Trinajstić information content (AvgIpc) is 2.26. The number of benzene rings is 1. The quantitative estimate of drug-likeness (QED) is 0.629. The lowest BCUT2D eigenvalue weighted by Crippen LogP contribution is -2.43. The second kappa shape index (κ2) is 5.80. The van der Waals surface area contributed by atoms with Gasteiger partial charge in [-0.15, -0.1) is 0 Å². The Balaban J connectivity index is 3.04. The van der Waals surface area contributed by atoms with E-state index in [1.54, 1.807) is 0 Å². The van der Waals surface area contributed by atoms with E-state index in [0.717, 1.165) is 23.1 Å². The van der Waals surface area contributed by atoms with Gasteiger partial charge in [-0.05, 0) is 12.1 Å². The number of phenols is 1. The van der Waals surface area contributed by atoms with Crippen LogP contribution in [0.4, 0.5) is 4.39 Å². The van der Waals surface area contributed by atoms with Gasteiger partial charge in [-0.2, -0.15) is 0 Å². The minimum Gasteiger partial charge on any atom is -0.508 e. The Morgan fingerprint density at radius 3 is 2.11 bits per heavy atom. The van der Waals surface area contributed by atoms with Gasteiger partial charge < -0.3 is 21.5 Å². The fraction of sp³-hybridized carbons (Fsp3) is 0.182. The molecule has 0 atom stereocenters. The molecular weight excluding hydrogens is 257 g/mol. The average molecular weight is 269 g/mol. The molecule has 0 bridgehead atoms. The van der Waals surface area contributed by atoms with Gasteiger partial charge in [0, 0.05) is 6.07 Å². The summed E-state index contributed by atoms with van der Waals surface area (Å²) in [6.45, 7) is -1.13. The predicted octanol–water partition coefficient (Wildman–Crippen LogP) is -1.06. The molecule has 102 valence electrons. The van der Waals surface area contributed by atoms with Crippen molar-refractivity contribution in [3.8, 4) is 5.75 Å². The summed E-state index contributed by atoms with van der Waals surface area (Å²) in [5.74, 6) is -3.99. The van der Waals surface area contributed by atoms with Gasteiger partial charge in [0.05, 0.1) is 5.56 Å². The first-order valence-corrected chi connectivity index (χ1v) is 5.15. The molecule has 19 heavy (non-hydrogen) atoms. The summed E-state index contributed by atoms with van der Waals surface area (Å²) in [5, 5.41) is 9.04. The summed E-state index contributed by atoms with van der Waals surface area (Å²) in [4.78, 5) is 34.3. The van der Waals surface area contributed by atoms with Crippen molar-refractivity contribution in [1.82, 2.24) is 4.90 Å². The number of carbonyl (C=O) groups is 3. The van der Waals surface area contributed by atoms with Gasteiger partial charge >= 0.3 is 0 Å². The fourth-order valence-corrected chi connectivity index (χ4v) is 1.42. The molecule has 1 rings (SSSR count). The highest BCUT2D eigenvalue weighted by atomic mass is 19.1. The normalized spacial score (nSPS) is 9.95. The lowest BCUT2D eigenvalue weighted by Gasteiger charge is -2.19. The van der Waals surface area contributed by atoms with Crippen molar-refractivity contribution in [3.63, 3.8) is 0 Å². The fourth-order valence-electron chi connectivity index (χ4n) is 1.42. The zero-order chi connectivity index (χ0) is 14.6. The number of hydrogen-bond acceptors (Lipinski definition) is 4. The number of amides is 3. The smallest absolute Gasteiger partial charge is 0.257 e. The molecule has 0 aliphatic heterocycles. The molecule has 7 nitrogen and oxygen atoms in total. The van der Waals surface area contributed by atoms with Crippen LogP contribution in [-0.4, -0.2) is 40.8 Å². The topological polar surface area (TPSA) is 127 Å².